The molecule has 1 heterocycles. The van der Waals surface area contributed by atoms with Crippen LogP contribution in [0.2, 0.25) is 0 Å². The molecular weight excluding hydrogens is 302 g/mol. The normalized spacial score (nSPS) is 10.3. The number of hydrogen-bond acceptors (Lipinski definition) is 5. The molecule has 0 radical (unpaired) electrons. The van der Waals surface area contributed by atoms with Gasteiger partial charge >= 0.3 is 0 Å². The minimum absolute atomic E-state index is 0.0751. The number of carbonyl (C=O) groups is 1. The first-order valence-electron chi connectivity index (χ1n) is 6.60. The highest BCUT2D eigenvalue weighted by atomic mass is 32.2. The van der Waals surface area contributed by atoms with Crippen molar-refractivity contribution >= 4 is 23.4 Å². The fraction of sp³-hybridized carbons (Fsp3) is 0.267. The van der Waals surface area contributed by atoms with E-state index in [4.69, 9.17) is 4.74 Å². The predicted molar refractivity (Wildman–Crippen MR) is 86.6 cm³/mol. The number of ether oxygens (including phenoxy) is 1. The third kappa shape index (κ3) is 3.88. The summed E-state index contributed by atoms with van der Waals surface area (Å²) >= 11 is 1.33. The van der Waals surface area contributed by atoms with Gasteiger partial charge in [-0.15, -0.1) is 0 Å². The van der Waals surface area contributed by atoms with Crippen molar-refractivity contribution < 1.29 is 9.53 Å². The average Bonchev–Trinajstić information content (AvgIpc) is 2.50. The molecule has 2 rings (SSSR count). The summed E-state index contributed by atoms with van der Waals surface area (Å²) in [6.07, 6.45) is 1.82. The van der Waals surface area contributed by atoms with Gasteiger partial charge in [0.2, 0.25) is 5.91 Å². The van der Waals surface area contributed by atoms with Crippen molar-refractivity contribution in [3.05, 3.63) is 46.4 Å². The van der Waals surface area contributed by atoms with Crippen LogP contribution < -0.4 is 15.6 Å². The van der Waals surface area contributed by atoms with E-state index in [9.17, 15) is 9.59 Å². The molecule has 22 heavy (non-hydrogen) atoms. The van der Waals surface area contributed by atoms with Crippen molar-refractivity contribution in [2.24, 2.45) is 0 Å². The highest BCUT2D eigenvalue weighted by molar-refractivity contribution is 7.98. The second kappa shape index (κ2) is 7.13. The van der Waals surface area contributed by atoms with E-state index >= 15 is 0 Å². The molecule has 0 bridgehead atoms. The van der Waals surface area contributed by atoms with Gasteiger partial charge < -0.3 is 10.1 Å². The third-order valence-electron chi connectivity index (χ3n) is 2.96. The molecule has 0 unspecified atom stereocenters. The SMILES string of the molecule is COc1ccc(NC(=O)Cn2c(SC)nc(C)cc2=O)cc1. The number of anilines is 1. The van der Waals surface area contributed by atoms with Gasteiger partial charge in [0.05, 0.1) is 7.11 Å². The number of aryl methyl sites for hydroxylation is 1. The van der Waals surface area contributed by atoms with Crippen LogP contribution in [0.15, 0.2) is 40.3 Å². The minimum Gasteiger partial charge on any atom is -0.497 e. The molecule has 116 valence electrons. The average molecular weight is 319 g/mol. The molecular formula is C15H17N3O3S. The Labute approximate surface area is 132 Å². The van der Waals surface area contributed by atoms with Crippen LogP contribution in [0.25, 0.3) is 0 Å². The van der Waals surface area contributed by atoms with Gasteiger partial charge in [-0.25, -0.2) is 4.98 Å². The van der Waals surface area contributed by atoms with Gasteiger partial charge in [-0.2, -0.15) is 0 Å². The van der Waals surface area contributed by atoms with Gasteiger partial charge in [-0.3, -0.25) is 14.2 Å². The largest absolute Gasteiger partial charge is 0.497 e. The summed E-state index contributed by atoms with van der Waals surface area (Å²) in [7, 11) is 1.58. The smallest absolute Gasteiger partial charge is 0.254 e. The van der Waals surface area contributed by atoms with Gasteiger partial charge in [0.1, 0.15) is 12.3 Å². The van der Waals surface area contributed by atoms with Crippen LogP contribution in [0.5, 0.6) is 5.75 Å². The maximum Gasteiger partial charge on any atom is 0.254 e. The van der Waals surface area contributed by atoms with Crippen molar-refractivity contribution in [1.29, 1.82) is 0 Å². The van der Waals surface area contributed by atoms with E-state index in [-0.39, 0.29) is 18.0 Å². The molecule has 0 saturated carbocycles. The lowest BCUT2D eigenvalue weighted by Gasteiger charge is -2.11. The van der Waals surface area contributed by atoms with Crippen LogP contribution in [-0.4, -0.2) is 28.8 Å². The number of carbonyl (C=O) groups excluding carboxylic acids is 1. The molecule has 0 fully saturated rings. The summed E-state index contributed by atoms with van der Waals surface area (Å²) in [5, 5.41) is 3.27. The topological polar surface area (TPSA) is 73.2 Å². The first-order valence-corrected chi connectivity index (χ1v) is 7.82. The maximum atomic E-state index is 12.1. The molecule has 7 heteroatoms. The van der Waals surface area contributed by atoms with E-state index in [0.29, 0.717) is 22.3 Å². The molecule has 1 aromatic heterocycles. The van der Waals surface area contributed by atoms with Crippen LogP contribution in [0.1, 0.15) is 5.69 Å². The molecule has 0 aliphatic heterocycles. The van der Waals surface area contributed by atoms with Crippen LogP contribution >= 0.6 is 11.8 Å². The highest BCUT2D eigenvalue weighted by Gasteiger charge is 2.11. The summed E-state index contributed by atoms with van der Waals surface area (Å²) in [5.74, 6) is 0.426. The molecule has 0 spiro atoms. The van der Waals surface area contributed by atoms with E-state index in [0.717, 1.165) is 0 Å². The van der Waals surface area contributed by atoms with Crippen molar-refractivity contribution in [1.82, 2.24) is 9.55 Å². The first-order chi connectivity index (χ1) is 10.5. The number of amides is 1. The highest BCUT2D eigenvalue weighted by Crippen LogP contribution is 2.15. The molecule has 0 saturated heterocycles. The molecule has 6 nitrogen and oxygen atoms in total. The van der Waals surface area contributed by atoms with E-state index in [1.54, 1.807) is 38.3 Å². The monoisotopic (exact) mass is 319 g/mol. The van der Waals surface area contributed by atoms with Crippen molar-refractivity contribution in [3.8, 4) is 5.75 Å². The summed E-state index contributed by atoms with van der Waals surface area (Å²) < 4.78 is 6.42. The molecule has 0 atom stereocenters. The van der Waals surface area contributed by atoms with Gasteiger partial charge in [0.25, 0.3) is 5.56 Å². The molecule has 2 aromatic rings. The number of nitrogens with zero attached hydrogens (tertiary/aromatic N) is 2. The van der Waals surface area contributed by atoms with Crippen molar-refractivity contribution in [2.75, 3.05) is 18.7 Å². The number of rotatable bonds is 5. The Bertz CT molecular complexity index is 726. The van der Waals surface area contributed by atoms with Gasteiger partial charge in [-0.1, -0.05) is 11.8 Å². The summed E-state index contributed by atoms with van der Waals surface area (Å²) in [4.78, 5) is 28.4. The van der Waals surface area contributed by atoms with Crippen LogP contribution in [0, 0.1) is 6.92 Å². The van der Waals surface area contributed by atoms with E-state index in [1.165, 1.54) is 22.4 Å². The lowest BCUT2D eigenvalue weighted by Crippen LogP contribution is -2.29. The first kappa shape index (κ1) is 16.1. The van der Waals surface area contributed by atoms with Crippen molar-refractivity contribution in [3.63, 3.8) is 0 Å². The summed E-state index contributed by atoms with van der Waals surface area (Å²) in [5.41, 5.74) is 1.05. The number of aromatic nitrogens is 2. The standard InChI is InChI=1S/C15H17N3O3S/c1-10-8-14(20)18(15(16-10)22-3)9-13(19)17-11-4-6-12(21-2)7-5-11/h4-8H,9H2,1-3H3,(H,17,19). The minimum atomic E-state index is -0.284. The van der Waals surface area contributed by atoms with Crippen LogP contribution in [-0.2, 0) is 11.3 Å². The lowest BCUT2D eigenvalue weighted by atomic mass is 10.3. The van der Waals surface area contributed by atoms with Gasteiger partial charge in [-0.05, 0) is 37.4 Å². The summed E-state index contributed by atoms with van der Waals surface area (Å²) in [6.45, 7) is 1.68. The predicted octanol–water partition coefficient (Wildman–Crippen LogP) is 1.92. The lowest BCUT2D eigenvalue weighted by molar-refractivity contribution is -0.116. The maximum absolute atomic E-state index is 12.1. The van der Waals surface area contributed by atoms with Crippen molar-refractivity contribution in [2.45, 2.75) is 18.6 Å². The van der Waals surface area contributed by atoms with E-state index < -0.39 is 0 Å². The van der Waals surface area contributed by atoms with Gasteiger partial charge in [0, 0.05) is 17.4 Å². The fourth-order valence-corrected chi connectivity index (χ4v) is 2.52. The second-order valence-electron chi connectivity index (χ2n) is 4.59. The van der Waals surface area contributed by atoms with Crippen LogP contribution in [0.3, 0.4) is 0 Å². The summed E-state index contributed by atoms with van der Waals surface area (Å²) in [6, 6.07) is 8.40. The molecule has 0 aliphatic rings. The number of nitrogens with one attached hydrogen (secondary N) is 1. The zero-order chi connectivity index (χ0) is 16.1. The fourth-order valence-electron chi connectivity index (χ4n) is 1.91. The second-order valence-corrected chi connectivity index (χ2v) is 5.36. The number of methoxy groups -OCH3 is 1. The number of hydrogen-bond donors (Lipinski definition) is 1. The Balaban J connectivity index is 2.13. The quantitative estimate of drug-likeness (QED) is 0.673. The molecule has 1 aromatic carbocycles. The third-order valence-corrected chi connectivity index (χ3v) is 3.64. The Morgan fingerprint density at radius 2 is 2.05 bits per heavy atom. The van der Waals surface area contributed by atoms with E-state index in [2.05, 4.69) is 10.3 Å². The Morgan fingerprint density at radius 3 is 2.64 bits per heavy atom. The number of thioether (sulfide) groups is 1. The Hall–Kier alpha value is -2.28. The Morgan fingerprint density at radius 1 is 1.36 bits per heavy atom. The molecule has 0 aliphatic carbocycles. The van der Waals surface area contributed by atoms with Gasteiger partial charge in [0.15, 0.2) is 5.16 Å². The van der Waals surface area contributed by atoms with E-state index in [1.807, 2.05) is 6.26 Å². The molecule has 1 amide bonds. The zero-order valence-electron chi connectivity index (χ0n) is 12.6. The zero-order valence-corrected chi connectivity index (χ0v) is 13.4. The Kier molecular flexibility index (Phi) is 5.21. The molecule has 1 N–H and O–H groups in total. The number of benzene rings is 1. The van der Waals surface area contributed by atoms with Crippen LogP contribution in [0.4, 0.5) is 5.69 Å².